The van der Waals surface area contributed by atoms with Gasteiger partial charge in [-0.2, -0.15) is 0 Å². The summed E-state index contributed by atoms with van der Waals surface area (Å²) in [5.41, 5.74) is 0. The SMILES string of the molecule is CCC1OCCC1C(=O)N(C)CCC1CCNCC1. The van der Waals surface area contributed by atoms with Gasteiger partial charge in [-0.05, 0) is 51.1 Å². The predicted octanol–water partition coefficient (Wildman–Crippen LogP) is 1.65. The van der Waals surface area contributed by atoms with Crippen molar-refractivity contribution in [3.05, 3.63) is 0 Å². The van der Waals surface area contributed by atoms with E-state index in [1.54, 1.807) is 0 Å². The molecular weight excluding hydrogens is 240 g/mol. The minimum Gasteiger partial charge on any atom is -0.377 e. The van der Waals surface area contributed by atoms with E-state index in [2.05, 4.69) is 12.2 Å². The summed E-state index contributed by atoms with van der Waals surface area (Å²) in [5, 5.41) is 3.39. The maximum atomic E-state index is 12.4. The Bertz CT molecular complexity index is 290. The minimum atomic E-state index is 0.100. The first kappa shape index (κ1) is 14.8. The van der Waals surface area contributed by atoms with Gasteiger partial charge < -0.3 is 15.0 Å². The Kier molecular flexibility index (Phi) is 5.64. The van der Waals surface area contributed by atoms with Crippen LogP contribution in [0.25, 0.3) is 0 Å². The predicted molar refractivity (Wildman–Crippen MR) is 76.0 cm³/mol. The summed E-state index contributed by atoms with van der Waals surface area (Å²) in [4.78, 5) is 14.4. The van der Waals surface area contributed by atoms with Gasteiger partial charge in [0, 0.05) is 20.2 Å². The molecule has 2 fully saturated rings. The number of piperidine rings is 1. The molecule has 0 spiro atoms. The van der Waals surface area contributed by atoms with E-state index in [1.165, 1.54) is 12.8 Å². The lowest BCUT2D eigenvalue weighted by Crippen LogP contribution is -2.38. The Morgan fingerprint density at radius 2 is 2.05 bits per heavy atom. The van der Waals surface area contributed by atoms with Crippen molar-refractivity contribution in [3.63, 3.8) is 0 Å². The first-order valence-corrected chi connectivity index (χ1v) is 7.79. The monoisotopic (exact) mass is 268 g/mol. The molecule has 0 bridgehead atoms. The molecule has 2 atom stereocenters. The lowest BCUT2D eigenvalue weighted by Gasteiger charge is -2.27. The molecule has 2 rings (SSSR count). The molecule has 1 amide bonds. The summed E-state index contributed by atoms with van der Waals surface area (Å²) in [6, 6.07) is 0. The molecule has 2 heterocycles. The number of hydrogen-bond donors (Lipinski definition) is 1. The van der Waals surface area contributed by atoms with Crippen LogP contribution in [0.5, 0.6) is 0 Å². The molecule has 2 aliphatic heterocycles. The van der Waals surface area contributed by atoms with E-state index < -0.39 is 0 Å². The summed E-state index contributed by atoms with van der Waals surface area (Å²) in [6.07, 6.45) is 5.65. The number of carbonyl (C=O) groups is 1. The fraction of sp³-hybridized carbons (Fsp3) is 0.933. The van der Waals surface area contributed by atoms with Crippen LogP contribution in [0.1, 0.15) is 39.0 Å². The Morgan fingerprint density at radius 3 is 2.74 bits per heavy atom. The van der Waals surface area contributed by atoms with E-state index in [4.69, 9.17) is 4.74 Å². The fourth-order valence-corrected chi connectivity index (χ4v) is 3.27. The van der Waals surface area contributed by atoms with Crippen molar-refractivity contribution in [1.82, 2.24) is 10.2 Å². The van der Waals surface area contributed by atoms with Gasteiger partial charge in [0.1, 0.15) is 0 Å². The highest BCUT2D eigenvalue weighted by atomic mass is 16.5. The van der Waals surface area contributed by atoms with Gasteiger partial charge in [0.05, 0.1) is 12.0 Å². The van der Waals surface area contributed by atoms with E-state index in [-0.39, 0.29) is 12.0 Å². The number of amides is 1. The van der Waals surface area contributed by atoms with Crippen LogP contribution >= 0.6 is 0 Å². The summed E-state index contributed by atoms with van der Waals surface area (Å²) >= 11 is 0. The molecule has 0 aromatic heterocycles. The van der Waals surface area contributed by atoms with Crippen molar-refractivity contribution in [1.29, 1.82) is 0 Å². The van der Waals surface area contributed by atoms with Crippen molar-refractivity contribution < 1.29 is 9.53 Å². The third-order valence-electron chi connectivity index (χ3n) is 4.64. The molecule has 4 nitrogen and oxygen atoms in total. The maximum absolute atomic E-state index is 12.4. The summed E-state index contributed by atoms with van der Waals surface area (Å²) in [5.74, 6) is 1.18. The molecule has 0 saturated carbocycles. The highest BCUT2D eigenvalue weighted by Crippen LogP contribution is 2.25. The van der Waals surface area contributed by atoms with E-state index in [9.17, 15) is 4.79 Å². The van der Waals surface area contributed by atoms with Crippen LogP contribution in [0.15, 0.2) is 0 Å². The molecule has 0 aromatic carbocycles. The van der Waals surface area contributed by atoms with Gasteiger partial charge in [-0.25, -0.2) is 0 Å². The average molecular weight is 268 g/mol. The summed E-state index contributed by atoms with van der Waals surface area (Å²) in [7, 11) is 1.95. The number of hydrogen-bond acceptors (Lipinski definition) is 3. The van der Waals surface area contributed by atoms with Crippen molar-refractivity contribution in [2.45, 2.75) is 45.1 Å². The van der Waals surface area contributed by atoms with Gasteiger partial charge in [-0.15, -0.1) is 0 Å². The topological polar surface area (TPSA) is 41.6 Å². The summed E-state index contributed by atoms with van der Waals surface area (Å²) < 4.78 is 5.62. The van der Waals surface area contributed by atoms with Crippen molar-refractivity contribution in [2.24, 2.45) is 11.8 Å². The van der Waals surface area contributed by atoms with Gasteiger partial charge in [0.25, 0.3) is 0 Å². The van der Waals surface area contributed by atoms with Crippen LogP contribution in [0.3, 0.4) is 0 Å². The third kappa shape index (κ3) is 3.93. The first-order chi connectivity index (χ1) is 9.22. The van der Waals surface area contributed by atoms with Gasteiger partial charge in [-0.1, -0.05) is 6.92 Å². The van der Waals surface area contributed by atoms with E-state index in [1.807, 2.05) is 11.9 Å². The van der Waals surface area contributed by atoms with E-state index in [0.29, 0.717) is 5.91 Å². The van der Waals surface area contributed by atoms with Crippen LogP contribution in [0, 0.1) is 11.8 Å². The molecule has 0 radical (unpaired) electrons. The second kappa shape index (κ2) is 7.25. The normalized spacial score (nSPS) is 28.5. The molecule has 2 aliphatic rings. The Balaban J connectivity index is 1.75. The molecule has 1 N–H and O–H groups in total. The average Bonchev–Trinajstić information content (AvgIpc) is 2.93. The first-order valence-electron chi connectivity index (χ1n) is 7.79. The molecule has 0 aromatic rings. The maximum Gasteiger partial charge on any atom is 0.228 e. The zero-order valence-corrected chi connectivity index (χ0v) is 12.4. The number of ether oxygens (including phenoxy) is 1. The van der Waals surface area contributed by atoms with Crippen LogP contribution in [0.4, 0.5) is 0 Å². The second-order valence-electron chi connectivity index (χ2n) is 5.95. The molecule has 110 valence electrons. The van der Waals surface area contributed by atoms with Gasteiger partial charge in [-0.3, -0.25) is 4.79 Å². The lowest BCUT2D eigenvalue weighted by atomic mass is 9.94. The van der Waals surface area contributed by atoms with Crippen LogP contribution < -0.4 is 5.32 Å². The molecule has 2 saturated heterocycles. The minimum absolute atomic E-state index is 0.100. The van der Waals surface area contributed by atoms with E-state index >= 15 is 0 Å². The van der Waals surface area contributed by atoms with Crippen LogP contribution in [0.2, 0.25) is 0 Å². The van der Waals surface area contributed by atoms with E-state index in [0.717, 1.165) is 51.4 Å². The Hall–Kier alpha value is -0.610. The Morgan fingerprint density at radius 1 is 1.32 bits per heavy atom. The van der Waals surface area contributed by atoms with Crippen LogP contribution in [-0.2, 0) is 9.53 Å². The van der Waals surface area contributed by atoms with Gasteiger partial charge in [0.15, 0.2) is 0 Å². The van der Waals surface area contributed by atoms with Crippen molar-refractivity contribution in [2.75, 3.05) is 33.3 Å². The smallest absolute Gasteiger partial charge is 0.228 e. The standard InChI is InChI=1S/C15H28N2O2/c1-3-14-13(7-11-19-14)15(18)17(2)10-6-12-4-8-16-9-5-12/h12-14,16H,3-11H2,1-2H3. The zero-order valence-electron chi connectivity index (χ0n) is 12.4. The Labute approximate surface area is 116 Å². The quantitative estimate of drug-likeness (QED) is 0.824. The third-order valence-corrected chi connectivity index (χ3v) is 4.64. The fourth-order valence-electron chi connectivity index (χ4n) is 3.27. The number of nitrogens with one attached hydrogen (secondary N) is 1. The highest BCUT2D eigenvalue weighted by Gasteiger charge is 2.34. The van der Waals surface area contributed by atoms with Gasteiger partial charge in [0.2, 0.25) is 5.91 Å². The van der Waals surface area contributed by atoms with Crippen molar-refractivity contribution >= 4 is 5.91 Å². The largest absolute Gasteiger partial charge is 0.377 e. The van der Waals surface area contributed by atoms with Gasteiger partial charge >= 0.3 is 0 Å². The number of rotatable bonds is 5. The number of nitrogens with zero attached hydrogens (tertiary/aromatic N) is 1. The molecule has 0 aliphatic carbocycles. The summed E-state index contributed by atoms with van der Waals surface area (Å²) in [6.45, 7) is 6.02. The van der Waals surface area contributed by atoms with Crippen LogP contribution in [-0.4, -0.2) is 50.2 Å². The lowest BCUT2D eigenvalue weighted by molar-refractivity contribution is -0.136. The molecule has 4 heteroatoms. The highest BCUT2D eigenvalue weighted by molar-refractivity contribution is 5.79. The molecular formula is C15H28N2O2. The van der Waals surface area contributed by atoms with Crippen molar-refractivity contribution in [3.8, 4) is 0 Å². The zero-order chi connectivity index (χ0) is 13.7. The second-order valence-corrected chi connectivity index (χ2v) is 5.95. The number of carbonyl (C=O) groups excluding carboxylic acids is 1. The molecule has 2 unspecified atom stereocenters. The molecule has 19 heavy (non-hydrogen) atoms.